The van der Waals surface area contributed by atoms with E-state index in [-0.39, 0.29) is 18.9 Å². The van der Waals surface area contributed by atoms with E-state index in [0.717, 1.165) is 23.5 Å². The highest BCUT2D eigenvalue weighted by Gasteiger charge is 2.20. The van der Waals surface area contributed by atoms with Crippen molar-refractivity contribution in [2.45, 2.75) is 25.9 Å². The smallest absolute Gasteiger partial charge is 0.407 e. The van der Waals surface area contributed by atoms with Crippen LogP contribution in [0.4, 0.5) is 4.79 Å². The van der Waals surface area contributed by atoms with Crippen LogP contribution in [-0.2, 0) is 27.4 Å². The van der Waals surface area contributed by atoms with Crippen molar-refractivity contribution in [2.24, 2.45) is 5.73 Å². The lowest BCUT2D eigenvalue weighted by atomic mass is 10.0. The highest BCUT2D eigenvalue weighted by Crippen LogP contribution is 2.38. The molecule has 0 unspecified atom stereocenters. The number of fused-ring (bicyclic) bond motifs is 3. The molecule has 0 saturated heterocycles. The maximum atomic E-state index is 11.9. The topological polar surface area (TPSA) is 139 Å². The van der Waals surface area contributed by atoms with Crippen molar-refractivity contribution in [2.75, 3.05) is 24.6 Å². The Hall–Kier alpha value is -2.69. The monoisotopic (exact) mass is 492 g/mol. The molecule has 8 nitrogen and oxygen atoms in total. The van der Waals surface area contributed by atoms with E-state index < -0.39 is 11.9 Å². The Labute approximate surface area is 200 Å². The minimum absolute atomic E-state index is 0.296. The quantitative estimate of drug-likeness (QED) is 0.233. The van der Waals surface area contributed by atoms with E-state index in [1.807, 2.05) is 12.1 Å². The third-order valence-corrected chi connectivity index (χ3v) is 7.04. The summed E-state index contributed by atoms with van der Waals surface area (Å²) in [6.45, 7) is 1.58. The zero-order valence-corrected chi connectivity index (χ0v) is 19.8. The standard InChI is InChI=1S/C19H22N2O2S2.C4H6O4/c20-8-10-24-25-11-9-21-19(22)23-13-15-5-3-7-17-16-6-2-1-4-14(16)12-18(15)17;5-3(6)1-2-4(7)8/h1-7H,8-13,20H2,(H,21,22);1-2H2,(H,5,6)(H,7,8). The average Bonchev–Trinajstić information content (AvgIpc) is 3.18. The van der Waals surface area contributed by atoms with Crippen LogP contribution >= 0.6 is 21.6 Å². The summed E-state index contributed by atoms with van der Waals surface area (Å²) in [6, 6.07) is 14.7. The molecule has 0 fully saturated rings. The first-order valence-corrected chi connectivity index (χ1v) is 12.9. The van der Waals surface area contributed by atoms with Gasteiger partial charge in [0.2, 0.25) is 0 Å². The fourth-order valence-corrected chi connectivity index (χ4v) is 4.89. The van der Waals surface area contributed by atoms with Gasteiger partial charge in [-0.05, 0) is 34.2 Å². The summed E-state index contributed by atoms with van der Waals surface area (Å²) in [5.74, 6) is -0.383. The summed E-state index contributed by atoms with van der Waals surface area (Å²) in [5.41, 5.74) is 11.7. The van der Waals surface area contributed by atoms with E-state index >= 15 is 0 Å². The van der Waals surface area contributed by atoms with Crippen molar-refractivity contribution in [3.8, 4) is 11.1 Å². The number of carbonyl (C=O) groups excluding carboxylic acids is 1. The summed E-state index contributed by atoms with van der Waals surface area (Å²) < 4.78 is 5.39. The van der Waals surface area contributed by atoms with E-state index in [4.69, 9.17) is 20.7 Å². The van der Waals surface area contributed by atoms with Crippen molar-refractivity contribution in [1.29, 1.82) is 0 Å². The van der Waals surface area contributed by atoms with Crippen LogP contribution in [0.25, 0.3) is 11.1 Å². The lowest BCUT2D eigenvalue weighted by molar-refractivity contribution is -0.143. The van der Waals surface area contributed by atoms with Crippen LogP contribution in [0.5, 0.6) is 0 Å². The lowest BCUT2D eigenvalue weighted by Crippen LogP contribution is -2.26. The van der Waals surface area contributed by atoms with Gasteiger partial charge in [0.25, 0.3) is 0 Å². The molecule has 0 spiro atoms. The number of carboxylic acids is 2. The minimum atomic E-state index is -1.08. The first-order chi connectivity index (χ1) is 15.9. The van der Waals surface area contributed by atoms with Gasteiger partial charge < -0.3 is 26.0 Å². The molecule has 1 aliphatic carbocycles. The SMILES string of the molecule is NCCSSCCNC(=O)OCc1cccc2c1Cc1ccccc1-2.O=C(O)CCC(=O)O. The van der Waals surface area contributed by atoms with Gasteiger partial charge in [0.1, 0.15) is 6.61 Å². The molecule has 0 radical (unpaired) electrons. The number of hydrogen-bond donors (Lipinski definition) is 4. The maximum Gasteiger partial charge on any atom is 0.407 e. The Balaban J connectivity index is 0.000000414. The normalized spacial score (nSPS) is 10.9. The Bertz CT molecular complexity index is 940. The van der Waals surface area contributed by atoms with Crippen molar-refractivity contribution < 1.29 is 29.3 Å². The van der Waals surface area contributed by atoms with Gasteiger partial charge in [-0.15, -0.1) is 0 Å². The number of alkyl carbamates (subject to hydrolysis) is 1. The van der Waals surface area contributed by atoms with E-state index in [9.17, 15) is 14.4 Å². The molecule has 0 aliphatic heterocycles. The molecule has 0 heterocycles. The molecule has 1 aliphatic rings. The largest absolute Gasteiger partial charge is 0.481 e. The number of aliphatic carboxylic acids is 2. The van der Waals surface area contributed by atoms with Gasteiger partial charge in [0, 0.05) is 24.6 Å². The molecule has 33 heavy (non-hydrogen) atoms. The molecular formula is C23H28N2O6S2. The zero-order chi connectivity index (χ0) is 24.1. The molecule has 3 rings (SSSR count). The van der Waals surface area contributed by atoms with Crippen molar-refractivity contribution >= 4 is 39.6 Å². The molecular weight excluding hydrogens is 464 g/mol. The average molecular weight is 493 g/mol. The minimum Gasteiger partial charge on any atom is -0.481 e. The van der Waals surface area contributed by atoms with Crippen LogP contribution in [0.1, 0.15) is 29.5 Å². The number of hydrogen-bond acceptors (Lipinski definition) is 7. The maximum absolute atomic E-state index is 11.9. The summed E-state index contributed by atoms with van der Waals surface area (Å²) in [4.78, 5) is 31.1. The highest BCUT2D eigenvalue weighted by atomic mass is 33.1. The summed E-state index contributed by atoms with van der Waals surface area (Å²) >= 11 is 0. The second-order valence-electron chi connectivity index (χ2n) is 7.00. The summed E-state index contributed by atoms with van der Waals surface area (Å²) in [7, 11) is 3.43. The molecule has 5 N–H and O–H groups in total. The van der Waals surface area contributed by atoms with Gasteiger partial charge in [-0.2, -0.15) is 0 Å². The number of amides is 1. The fourth-order valence-electron chi connectivity index (χ4n) is 3.13. The lowest BCUT2D eigenvalue weighted by Gasteiger charge is -2.10. The van der Waals surface area contributed by atoms with Gasteiger partial charge >= 0.3 is 18.0 Å². The zero-order valence-electron chi connectivity index (χ0n) is 18.1. The van der Waals surface area contributed by atoms with E-state index in [0.29, 0.717) is 19.7 Å². The molecule has 1 amide bonds. The van der Waals surface area contributed by atoms with Crippen LogP contribution in [0.15, 0.2) is 42.5 Å². The first-order valence-electron chi connectivity index (χ1n) is 10.4. The van der Waals surface area contributed by atoms with Gasteiger partial charge in [0.05, 0.1) is 12.8 Å². The Kier molecular flexibility index (Phi) is 11.6. The molecule has 2 aromatic rings. The number of carbonyl (C=O) groups is 3. The highest BCUT2D eigenvalue weighted by molar-refractivity contribution is 8.76. The summed E-state index contributed by atoms with van der Waals surface area (Å²) in [6.07, 6.45) is -0.0516. The number of ether oxygens (including phenoxy) is 1. The number of carboxylic acid groups (broad SMARTS) is 2. The number of nitrogens with two attached hydrogens (primary N) is 1. The van der Waals surface area contributed by atoms with Crippen LogP contribution in [0.2, 0.25) is 0 Å². The second-order valence-corrected chi connectivity index (χ2v) is 9.70. The molecule has 0 saturated carbocycles. The van der Waals surface area contributed by atoms with Gasteiger partial charge in [-0.3, -0.25) is 9.59 Å². The fraction of sp³-hybridized carbons (Fsp3) is 0.348. The summed E-state index contributed by atoms with van der Waals surface area (Å²) in [5, 5.41) is 18.6. The van der Waals surface area contributed by atoms with Crippen LogP contribution < -0.4 is 11.1 Å². The molecule has 0 atom stereocenters. The Morgan fingerprint density at radius 3 is 2.30 bits per heavy atom. The van der Waals surface area contributed by atoms with E-state index in [1.54, 1.807) is 21.6 Å². The predicted molar refractivity (Wildman–Crippen MR) is 131 cm³/mol. The van der Waals surface area contributed by atoms with Crippen molar-refractivity contribution in [3.63, 3.8) is 0 Å². The Morgan fingerprint density at radius 2 is 1.61 bits per heavy atom. The number of rotatable bonds is 11. The molecule has 10 heteroatoms. The predicted octanol–water partition coefficient (Wildman–Crippen LogP) is 3.76. The number of benzene rings is 2. The third-order valence-electron chi connectivity index (χ3n) is 4.60. The van der Waals surface area contributed by atoms with Gasteiger partial charge in [-0.25, -0.2) is 4.79 Å². The van der Waals surface area contributed by atoms with Gasteiger partial charge in [-0.1, -0.05) is 64.1 Å². The molecule has 2 aromatic carbocycles. The Morgan fingerprint density at radius 1 is 0.939 bits per heavy atom. The molecule has 0 aromatic heterocycles. The van der Waals surface area contributed by atoms with Crippen LogP contribution in [0, 0.1) is 0 Å². The third kappa shape index (κ3) is 9.37. The molecule has 178 valence electrons. The first kappa shape index (κ1) is 26.6. The van der Waals surface area contributed by atoms with E-state index in [2.05, 4.69) is 35.6 Å². The van der Waals surface area contributed by atoms with Crippen LogP contribution in [0.3, 0.4) is 0 Å². The van der Waals surface area contributed by atoms with Gasteiger partial charge in [0.15, 0.2) is 0 Å². The van der Waals surface area contributed by atoms with Crippen molar-refractivity contribution in [3.05, 3.63) is 59.2 Å². The van der Waals surface area contributed by atoms with Crippen molar-refractivity contribution in [1.82, 2.24) is 5.32 Å². The van der Waals surface area contributed by atoms with Crippen LogP contribution in [-0.4, -0.2) is 52.8 Å². The van der Waals surface area contributed by atoms with E-state index in [1.165, 1.54) is 22.3 Å². The molecule has 0 bridgehead atoms. The number of nitrogens with one attached hydrogen (secondary N) is 1. The second kappa shape index (κ2) is 14.5.